The van der Waals surface area contributed by atoms with Crippen molar-refractivity contribution in [3.8, 4) is 11.3 Å². The summed E-state index contributed by atoms with van der Waals surface area (Å²) in [5.74, 6) is 0.556. The lowest BCUT2D eigenvalue weighted by Crippen LogP contribution is -2.48. The summed E-state index contributed by atoms with van der Waals surface area (Å²) in [6, 6.07) is 16.1. The standard InChI is InChI=1S/C24H20FN5OS/c25-19-9-7-18(8-10-19)21-22-23(32-28-21)24(27-16-26-22)30-14-12-29(13-15-30)20(31)11-6-17-4-2-1-3-5-17/h1-11,16H,12-15H2. The molecule has 2 aromatic carbocycles. The molecule has 1 saturated heterocycles. The first-order chi connectivity index (χ1) is 15.7. The number of halogens is 1. The highest BCUT2D eigenvalue weighted by Crippen LogP contribution is 2.34. The molecule has 0 saturated carbocycles. The second-order valence-corrected chi connectivity index (χ2v) is 8.24. The average Bonchev–Trinajstić information content (AvgIpc) is 3.28. The van der Waals surface area contributed by atoms with Gasteiger partial charge < -0.3 is 9.80 Å². The number of benzene rings is 2. The van der Waals surface area contributed by atoms with Crippen molar-refractivity contribution >= 4 is 39.6 Å². The normalized spacial score (nSPS) is 14.4. The van der Waals surface area contributed by atoms with Crippen molar-refractivity contribution in [1.82, 2.24) is 19.2 Å². The van der Waals surface area contributed by atoms with Crippen LogP contribution in [0.4, 0.5) is 10.2 Å². The highest BCUT2D eigenvalue weighted by atomic mass is 32.1. The van der Waals surface area contributed by atoms with Gasteiger partial charge in [-0.15, -0.1) is 0 Å². The maximum Gasteiger partial charge on any atom is 0.246 e. The van der Waals surface area contributed by atoms with Gasteiger partial charge in [0.25, 0.3) is 0 Å². The number of aromatic nitrogens is 3. The van der Waals surface area contributed by atoms with Crippen molar-refractivity contribution in [2.24, 2.45) is 0 Å². The second-order valence-electron chi connectivity index (χ2n) is 7.47. The first-order valence-electron chi connectivity index (χ1n) is 10.3. The molecular formula is C24H20FN5OS. The first kappa shape index (κ1) is 20.3. The lowest BCUT2D eigenvalue weighted by molar-refractivity contribution is -0.126. The van der Waals surface area contributed by atoms with Crippen molar-refractivity contribution in [3.63, 3.8) is 0 Å². The Morgan fingerprint density at radius 2 is 1.72 bits per heavy atom. The fraction of sp³-hybridized carbons (Fsp3) is 0.167. The number of anilines is 1. The number of amides is 1. The third-order valence-electron chi connectivity index (χ3n) is 5.46. The van der Waals surface area contributed by atoms with Crippen LogP contribution in [0, 0.1) is 5.82 Å². The Morgan fingerprint density at radius 1 is 0.969 bits per heavy atom. The Morgan fingerprint density at radius 3 is 2.47 bits per heavy atom. The molecule has 3 heterocycles. The zero-order valence-electron chi connectivity index (χ0n) is 17.2. The molecule has 6 nitrogen and oxygen atoms in total. The van der Waals surface area contributed by atoms with Crippen LogP contribution < -0.4 is 4.90 Å². The van der Waals surface area contributed by atoms with E-state index in [0.29, 0.717) is 26.2 Å². The zero-order chi connectivity index (χ0) is 21.9. The van der Waals surface area contributed by atoms with Crippen molar-refractivity contribution in [3.05, 3.63) is 78.4 Å². The van der Waals surface area contributed by atoms with Gasteiger partial charge in [0.15, 0.2) is 5.82 Å². The number of piperazine rings is 1. The van der Waals surface area contributed by atoms with Gasteiger partial charge in [-0.2, -0.15) is 4.37 Å². The van der Waals surface area contributed by atoms with E-state index < -0.39 is 0 Å². The molecule has 0 unspecified atom stereocenters. The monoisotopic (exact) mass is 445 g/mol. The van der Waals surface area contributed by atoms with Crippen molar-refractivity contribution in [2.45, 2.75) is 0 Å². The lowest BCUT2D eigenvalue weighted by atomic mass is 10.1. The van der Waals surface area contributed by atoms with E-state index >= 15 is 0 Å². The summed E-state index contributed by atoms with van der Waals surface area (Å²) in [4.78, 5) is 25.5. The Kier molecular flexibility index (Phi) is 5.60. The van der Waals surface area contributed by atoms with E-state index in [0.717, 1.165) is 32.9 Å². The van der Waals surface area contributed by atoms with E-state index in [1.165, 1.54) is 23.7 Å². The fourth-order valence-electron chi connectivity index (χ4n) is 3.75. The third-order valence-corrected chi connectivity index (χ3v) is 6.30. The molecule has 32 heavy (non-hydrogen) atoms. The predicted octanol–water partition coefficient (Wildman–Crippen LogP) is 4.25. The van der Waals surface area contributed by atoms with E-state index in [9.17, 15) is 9.18 Å². The fourth-order valence-corrected chi connectivity index (χ4v) is 4.62. The molecule has 4 aromatic rings. The minimum atomic E-state index is -0.283. The SMILES string of the molecule is O=C(C=Cc1ccccc1)N1CCN(c2ncnc3c(-c4ccc(F)cc4)nsc23)CC1. The summed E-state index contributed by atoms with van der Waals surface area (Å²) in [7, 11) is 0. The molecule has 0 atom stereocenters. The first-order valence-corrected chi connectivity index (χ1v) is 11.1. The van der Waals surface area contributed by atoms with Crippen LogP contribution in [0.15, 0.2) is 67.0 Å². The molecule has 0 N–H and O–H groups in total. The quantitative estimate of drug-likeness (QED) is 0.440. The van der Waals surface area contributed by atoms with Crippen molar-refractivity contribution in [2.75, 3.05) is 31.1 Å². The van der Waals surface area contributed by atoms with Crippen LogP contribution in [-0.4, -0.2) is 51.3 Å². The summed E-state index contributed by atoms with van der Waals surface area (Å²) in [5, 5.41) is 0. The number of fused-ring (bicyclic) bond motifs is 1. The van der Waals surface area contributed by atoms with Crippen molar-refractivity contribution < 1.29 is 9.18 Å². The van der Waals surface area contributed by atoms with E-state index in [4.69, 9.17) is 0 Å². The van der Waals surface area contributed by atoms with Gasteiger partial charge in [0.2, 0.25) is 5.91 Å². The Balaban J connectivity index is 1.30. The summed E-state index contributed by atoms with van der Waals surface area (Å²) >= 11 is 1.34. The van der Waals surface area contributed by atoms with Crippen LogP contribution >= 0.6 is 11.5 Å². The molecule has 1 amide bonds. The molecule has 5 rings (SSSR count). The molecule has 0 bridgehead atoms. The molecule has 0 spiro atoms. The summed E-state index contributed by atoms with van der Waals surface area (Å²) < 4.78 is 18.8. The van der Waals surface area contributed by atoms with Gasteiger partial charge in [-0.1, -0.05) is 30.3 Å². The van der Waals surface area contributed by atoms with E-state index in [2.05, 4.69) is 19.2 Å². The Labute approximate surface area is 188 Å². The number of rotatable bonds is 4. The molecule has 1 aliphatic heterocycles. The Hall–Kier alpha value is -3.65. The van der Waals surface area contributed by atoms with Gasteiger partial charge in [0.05, 0.1) is 0 Å². The number of hydrogen-bond donors (Lipinski definition) is 0. The second kappa shape index (κ2) is 8.84. The van der Waals surface area contributed by atoms with Gasteiger partial charge in [-0.25, -0.2) is 14.4 Å². The largest absolute Gasteiger partial charge is 0.352 e. The van der Waals surface area contributed by atoms with Crippen LogP contribution in [0.2, 0.25) is 0 Å². The predicted molar refractivity (Wildman–Crippen MR) is 125 cm³/mol. The highest BCUT2D eigenvalue weighted by Gasteiger charge is 2.24. The number of nitrogens with zero attached hydrogens (tertiary/aromatic N) is 5. The van der Waals surface area contributed by atoms with Crippen LogP contribution in [0.5, 0.6) is 0 Å². The summed E-state index contributed by atoms with van der Waals surface area (Å²) in [6.07, 6.45) is 5.02. The third kappa shape index (κ3) is 4.09. The van der Waals surface area contributed by atoms with E-state index in [-0.39, 0.29) is 11.7 Å². The van der Waals surface area contributed by atoms with Gasteiger partial charge in [0, 0.05) is 37.8 Å². The van der Waals surface area contributed by atoms with Crippen molar-refractivity contribution in [1.29, 1.82) is 0 Å². The van der Waals surface area contributed by atoms with Crippen LogP contribution in [-0.2, 0) is 4.79 Å². The summed E-state index contributed by atoms with van der Waals surface area (Å²) in [6.45, 7) is 2.60. The highest BCUT2D eigenvalue weighted by molar-refractivity contribution is 7.14. The molecule has 2 aromatic heterocycles. The zero-order valence-corrected chi connectivity index (χ0v) is 18.0. The molecule has 8 heteroatoms. The maximum absolute atomic E-state index is 13.3. The maximum atomic E-state index is 13.3. The van der Waals surface area contributed by atoms with Gasteiger partial charge in [-0.05, 0) is 47.4 Å². The van der Waals surface area contributed by atoms with Crippen LogP contribution in [0.1, 0.15) is 5.56 Å². The molecule has 1 fully saturated rings. The van der Waals surface area contributed by atoms with Gasteiger partial charge >= 0.3 is 0 Å². The van der Waals surface area contributed by atoms with E-state index in [1.807, 2.05) is 41.3 Å². The topological polar surface area (TPSA) is 62.2 Å². The number of hydrogen-bond acceptors (Lipinski definition) is 6. The molecule has 1 aliphatic rings. The lowest BCUT2D eigenvalue weighted by Gasteiger charge is -2.35. The molecule has 0 radical (unpaired) electrons. The average molecular weight is 446 g/mol. The van der Waals surface area contributed by atoms with Gasteiger partial charge in [-0.3, -0.25) is 4.79 Å². The number of carbonyl (C=O) groups is 1. The molecule has 160 valence electrons. The minimum absolute atomic E-state index is 0.0118. The molecular weight excluding hydrogens is 425 g/mol. The summed E-state index contributed by atoms with van der Waals surface area (Å²) in [5.41, 5.74) is 3.32. The number of carbonyl (C=O) groups excluding carboxylic acids is 1. The molecule has 0 aliphatic carbocycles. The minimum Gasteiger partial charge on any atom is -0.352 e. The van der Waals surface area contributed by atoms with E-state index in [1.54, 1.807) is 24.5 Å². The Bertz CT molecular complexity index is 1260. The van der Waals surface area contributed by atoms with Crippen LogP contribution in [0.3, 0.4) is 0 Å². The van der Waals surface area contributed by atoms with Crippen LogP contribution in [0.25, 0.3) is 27.6 Å². The smallest absolute Gasteiger partial charge is 0.246 e. The van der Waals surface area contributed by atoms with Gasteiger partial charge in [0.1, 0.15) is 28.1 Å².